The van der Waals surface area contributed by atoms with Crippen molar-refractivity contribution in [2.45, 2.75) is 38.8 Å². The number of rotatable bonds is 10. The highest BCUT2D eigenvalue weighted by Crippen LogP contribution is 2.19. The van der Waals surface area contributed by atoms with Crippen LogP contribution in [0.1, 0.15) is 36.2 Å². The van der Waals surface area contributed by atoms with Crippen LogP contribution in [-0.2, 0) is 16.0 Å². The third kappa shape index (κ3) is 7.50. The monoisotopic (exact) mass is 476 g/mol. The van der Waals surface area contributed by atoms with Crippen molar-refractivity contribution in [1.82, 2.24) is 10.6 Å². The van der Waals surface area contributed by atoms with Gasteiger partial charge < -0.3 is 15.7 Å². The Hall–Kier alpha value is -4.00. The lowest BCUT2D eigenvalue weighted by molar-refractivity contribution is -0.141. The zero-order valence-corrected chi connectivity index (χ0v) is 19.7. The third-order valence-corrected chi connectivity index (χ3v) is 5.73. The van der Waals surface area contributed by atoms with Gasteiger partial charge in [0.05, 0.1) is 5.92 Å². The van der Waals surface area contributed by atoms with Crippen molar-refractivity contribution in [3.05, 3.63) is 95.8 Å². The summed E-state index contributed by atoms with van der Waals surface area (Å²) < 4.78 is 13.1. The molecule has 3 aromatic rings. The van der Waals surface area contributed by atoms with Crippen molar-refractivity contribution >= 4 is 17.8 Å². The molecule has 182 valence electrons. The summed E-state index contributed by atoms with van der Waals surface area (Å²) in [4.78, 5) is 37.3. The van der Waals surface area contributed by atoms with E-state index in [1.807, 2.05) is 42.5 Å². The van der Waals surface area contributed by atoms with Gasteiger partial charge in [0.25, 0.3) is 5.91 Å². The summed E-state index contributed by atoms with van der Waals surface area (Å²) in [6.07, 6.45) is 0.403. The number of hydrogen-bond donors (Lipinski definition) is 3. The van der Waals surface area contributed by atoms with Crippen molar-refractivity contribution < 1.29 is 23.9 Å². The van der Waals surface area contributed by atoms with Gasteiger partial charge in [-0.1, -0.05) is 61.5 Å². The van der Waals surface area contributed by atoms with Crippen LogP contribution < -0.4 is 10.6 Å². The lowest BCUT2D eigenvalue weighted by Crippen LogP contribution is -2.50. The molecule has 3 atom stereocenters. The quantitative estimate of drug-likeness (QED) is 0.403. The van der Waals surface area contributed by atoms with Crippen molar-refractivity contribution in [1.29, 1.82) is 0 Å². The molecule has 0 aliphatic rings. The Bertz CT molecular complexity index is 1150. The minimum absolute atomic E-state index is 0.0573. The Morgan fingerprint density at radius 3 is 2.03 bits per heavy atom. The van der Waals surface area contributed by atoms with Gasteiger partial charge >= 0.3 is 5.97 Å². The van der Waals surface area contributed by atoms with Gasteiger partial charge in [-0.25, -0.2) is 4.39 Å². The number of hydrogen-bond acceptors (Lipinski definition) is 3. The number of aliphatic carboxylic acids is 1. The molecule has 0 saturated heterocycles. The number of halogens is 1. The molecule has 3 N–H and O–H groups in total. The Labute approximate surface area is 204 Å². The fraction of sp³-hybridized carbons (Fsp3) is 0.250. The number of carbonyl (C=O) groups excluding carboxylic acids is 2. The van der Waals surface area contributed by atoms with Crippen molar-refractivity contribution in [3.63, 3.8) is 0 Å². The van der Waals surface area contributed by atoms with Crippen molar-refractivity contribution in [3.8, 4) is 11.1 Å². The van der Waals surface area contributed by atoms with E-state index in [0.717, 1.165) is 16.7 Å². The molecule has 0 aliphatic carbocycles. The minimum Gasteiger partial charge on any atom is -0.481 e. The van der Waals surface area contributed by atoms with Gasteiger partial charge in [0, 0.05) is 11.6 Å². The van der Waals surface area contributed by atoms with E-state index in [2.05, 4.69) is 10.6 Å². The second-order valence-corrected chi connectivity index (χ2v) is 8.68. The normalized spacial score (nSPS) is 13.3. The second-order valence-electron chi connectivity index (χ2n) is 8.68. The molecule has 0 spiro atoms. The van der Waals surface area contributed by atoms with Crippen LogP contribution in [0.25, 0.3) is 11.1 Å². The highest BCUT2D eigenvalue weighted by Gasteiger charge is 2.27. The number of carbonyl (C=O) groups is 3. The molecule has 6 nitrogen and oxygen atoms in total. The molecule has 3 rings (SSSR count). The molecule has 3 aromatic carbocycles. The number of amides is 2. The Morgan fingerprint density at radius 2 is 1.43 bits per heavy atom. The fourth-order valence-electron chi connectivity index (χ4n) is 3.74. The zero-order chi connectivity index (χ0) is 25.4. The first kappa shape index (κ1) is 25.6. The topological polar surface area (TPSA) is 95.5 Å². The Morgan fingerprint density at radius 1 is 0.829 bits per heavy atom. The molecule has 0 unspecified atom stereocenters. The van der Waals surface area contributed by atoms with Gasteiger partial charge in [-0.05, 0) is 60.7 Å². The molecule has 0 radical (unpaired) electrons. The summed E-state index contributed by atoms with van der Waals surface area (Å²) in [5.41, 5.74) is 3.18. The molecule has 2 amide bonds. The molecule has 0 saturated carbocycles. The van der Waals surface area contributed by atoms with Crippen LogP contribution >= 0.6 is 0 Å². The predicted octanol–water partition coefficient (Wildman–Crippen LogP) is 4.45. The van der Waals surface area contributed by atoms with Crippen LogP contribution in [0.2, 0.25) is 0 Å². The number of carboxylic acid groups (broad SMARTS) is 1. The van der Waals surface area contributed by atoms with E-state index in [9.17, 15) is 23.9 Å². The first-order valence-electron chi connectivity index (χ1n) is 11.5. The lowest BCUT2D eigenvalue weighted by atomic mass is 9.99. The number of carboxylic acids is 1. The van der Waals surface area contributed by atoms with Crippen LogP contribution in [0.3, 0.4) is 0 Å². The average Bonchev–Trinajstić information content (AvgIpc) is 2.85. The summed E-state index contributed by atoms with van der Waals surface area (Å²) >= 11 is 0. The van der Waals surface area contributed by atoms with Crippen LogP contribution in [0.4, 0.5) is 4.39 Å². The maximum Gasteiger partial charge on any atom is 0.306 e. The molecule has 0 heterocycles. The fourth-order valence-corrected chi connectivity index (χ4v) is 3.74. The molecular formula is C28H29FN2O4. The average molecular weight is 477 g/mol. The molecular weight excluding hydrogens is 447 g/mol. The summed E-state index contributed by atoms with van der Waals surface area (Å²) in [5, 5.41) is 14.9. The Kier molecular flexibility index (Phi) is 8.73. The second kappa shape index (κ2) is 11.9. The predicted molar refractivity (Wildman–Crippen MR) is 132 cm³/mol. The third-order valence-electron chi connectivity index (χ3n) is 5.73. The summed E-state index contributed by atoms with van der Waals surface area (Å²) in [5.74, 6) is -3.16. The highest BCUT2D eigenvalue weighted by molar-refractivity contribution is 5.98. The van der Waals surface area contributed by atoms with E-state index >= 15 is 0 Å². The van der Waals surface area contributed by atoms with Crippen LogP contribution in [-0.4, -0.2) is 35.0 Å². The molecule has 0 aliphatic heterocycles. The number of benzene rings is 3. The standard InChI is InChI=1S/C28H29FN2O4/c1-18(28(34)35)16-25(27(33)30-19(2)17-20-8-14-24(29)15-9-20)31-26(32)23-12-10-22(11-13-23)21-6-4-3-5-7-21/h3-15,18-19,25H,16-17H2,1-2H3,(H,30,33)(H,31,32)(H,34,35)/t18-,19-,25-/m0/s1. The van der Waals surface area contributed by atoms with Crippen LogP contribution in [0.5, 0.6) is 0 Å². The van der Waals surface area contributed by atoms with E-state index in [4.69, 9.17) is 0 Å². The molecule has 35 heavy (non-hydrogen) atoms. The van der Waals surface area contributed by atoms with Gasteiger partial charge in [-0.3, -0.25) is 14.4 Å². The largest absolute Gasteiger partial charge is 0.481 e. The minimum atomic E-state index is -1.05. The van der Waals surface area contributed by atoms with E-state index in [1.165, 1.54) is 19.1 Å². The summed E-state index contributed by atoms with van der Waals surface area (Å²) in [6, 6.07) is 21.4. The molecule has 0 bridgehead atoms. The van der Waals surface area contributed by atoms with E-state index in [1.54, 1.807) is 31.2 Å². The Balaban J connectivity index is 1.68. The first-order valence-corrected chi connectivity index (χ1v) is 11.5. The van der Waals surface area contributed by atoms with Crippen molar-refractivity contribution in [2.75, 3.05) is 0 Å². The van der Waals surface area contributed by atoms with Gasteiger partial charge in [0.15, 0.2) is 0 Å². The van der Waals surface area contributed by atoms with E-state index in [-0.39, 0.29) is 18.3 Å². The number of nitrogens with one attached hydrogen (secondary N) is 2. The van der Waals surface area contributed by atoms with Gasteiger partial charge in [0.2, 0.25) is 5.91 Å². The van der Waals surface area contributed by atoms with Crippen LogP contribution in [0, 0.1) is 11.7 Å². The van der Waals surface area contributed by atoms with Gasteiger partial charge in [0.1, 0.15) is 11.9 Å². The first-order chi connectivity index (χ1) is 16.7. The van der Waals surface area contributed by atoms with Gasteiger partial charge in [-0.2, -0.15) is 0 Å². The van der Waals surface area contributed by atoms with Crippen molar-refractivity contribution in [2.24, 2.45) is 5.92 Å². The lowest BCUT2D eigenvalue weighted by Gasteiger charge is -2.23. The SMILES string of the molecule is C[C@@H](Cc1ccc(F)cc1)NC(=O)[C@H](C[C@H](C)C(=O)O)NC(=O)c1ccc(-c2ccccc2)cc1. The highest BCUT2D eigenvalue weighted by atomic mass is 19.1. The smallest absolute Gasteiger partial charge is 0.306 e. The summed E-state index contributed by atoms with van der Waals surface area (Å²) in [6.45, 7) is 3.29. The maximum atomic E-state index is 13.1. The molecule has 7 heteroatoms. The molecule has 0 aromatic heterocycles. The van der Waals surface area contributed by atoms with Crippen LogP contribution in [0.15, 0.2) is 78.9 Å². The van der Waals surface area contributed by atoms with E-state index < -0.39 is 29.7 Å². The molecule has 0 fully saturated rings. The zero-order valence-electron chi connectivity index (χ0n) is 19.7. The summed E-state index contributed by atoms with van der Waals surface area (Å²) in [7, 11) is 0. The maximum absolute atomic E-state index is 13.1. The van der Waals surface area contributed by atoms with E-state index in [0.29, 0.717) is 12.0 Å². The van der Waals surface area contributed by atoms with Gasteiger partial charge in [-0.15, -0.1) is 0 Å².